The molecule has 1 heterocycles. The molecule has 0 saturated heterocycles. The third-order valence-electron chi connectivity index (χ3n) is 8.62. The predicted octanol–water partition coefficient (Wildman–Crippen LogP) is 11.5. The zero-order valence-electron chi connectivity index (χ0n) is 22.3. The molecule has 1 nitrogen and oxygen atoms in total. The molecule has 0 atom stereocenters. The zero-order valence-corrected chi connectivity index (χ0v) is 22.3. The van der Waals surface area contributed by atoms with Crippen molar-refractivity contribution >= 4 is 54.3 Å². The third kappa shape index (κ3) is 3.24. The molecule has 0 saturated carbocycles. The van der Waals surface area contributed by atoms with E-state index in [2.05, 4.69) is 146 Å². The fourth-order valence-corrected chi connectivity index (χ4v) is 6.88. The number of benzene rings is 8. The van der Waals surface area contributed by atoms with E-state index in [1.807, 2.05) is 0 Å². The Morgan fingerprint density at radius 3 is 1.46 bits per heavy atom. The Morgan fingerprint density at radius 1 is 0.341 bits per heavy atom. The van der Waals surface area contributed by atoms with Crippen LogP contribution in [0.1, 0.15) is 0 Å². The Bertz CT molecular complexity index is 2340. The lowest BCUT2D eigenvalue weighted by atomic mass is 9.85. The zero-order chi connectivity index (χ0) is 26.9. The van der Waals surface area contributed by atoms with Crippen LogP contribution in [0.2, 0.25) is 0 Å². The molecule has 0 fully saturated rings. The number of furan rings is 1. The van der Waals surface area contributed by atoms with Crippen molar-refractivity contribution in [1.82, 2.24) is 0 Å². The quantitative estimate of drug-likeness (QED) is 0.167. The van der Waals surface area contributed by atoms with Gasteiger partial charge in [0.05, 0.1) is 0 Å². The highest BCUT2D eigenvalue weighted by atomic mass is 16.3. The molecule has 0 aliphatic carbocycles. The normalized spacial score (nSPS) is 11.9. The van der Waals surface area contributed by atoms with Gasteiger partial charge in [0.1, 0.15) is 11.2 Å². The number of hydrogen-bond donors (Lipinski definition) is 0. The van der Waals surface area contributed by atoms with Gasteiger partial charge in [-0.2, -0.15) is 0 Å². The molecular formula is C40H24O. The maximum absolute atomic E-state index is 6.21. The van der Waals surface area contributed by atoms with E-state index in [-0.39, 0.29) is 0 Å². The molecule has 0 aliphatic heterocycles. The first kappa shape index (κ1) is 22.4. The van der Waals surface area contributed by atoms with Crippen LogP contribution in [-0.2, 0) is 0 Å². The van der Waals surface area contributed by atoms with Crippen LogP contribution in [-0.4, -0.2) is 0 Å². The molecule has 1 heteroatoms. The maximum atomic E-state index is 6.21. The van der Waals surface area contributed by atoms with Gasteiger partial charge in [-0.25, -0.2) is 0 Å². The summed E-state index contributed by atoms with van der Waals surface area (Å²) in [5, 5.41) is 9.98. The van der Waals surface area contributed by atoms with E-state index in [1.165, 1.54) is 76.5 Å². The van der Waals surface area contributed by atoms with Crippen LogP contribution in [0, 0.1) is 0 Å². The Balaban J connectivity index is 1.28. The summed E-state index contributed by atoms with van der Waals surface area (Å²) in [6.07, 6.45) is 0. The van der Waals surface area contributed by atoms with E-state index in [0.717, 1.165) is 11.2 Å². The van der Waals surface area contributed by atoms with Crippen LogP contribution >= 0.6 is 0 Å². The minimum absolute atomic E-state index is 0.948. The topological polar surface area (TPSA) is 13.1 Å². The Morgan fingerprint density at radius 2 is 0.829 bits per heavy atom. The number of hydrogen-bond acceptors (Lipinski definition) is 1. The molecule has 1 aromatic heterocycles. The van der Waals surface area contributed by atoms with Crippen molar-refractivity contribution in [3.8, 4) is 33.4 Å². The lowest BCUT2D eigenvalue weighted by Gasteiger charge is -2.18. The lowest BCUT2D eigenvalue weighted by Crippen LogP contribution is -1.91. The fraction of sp³-hybridized carbons (Fsp3) is 0. The first-order valence-corrected chi connectivity index (χ1v) is 14.1. The van der Waals surface area contributed by atoms with Crippen molar-refractivity contribution in [2.24, 2.45) is 0 Å². The standard InChI is InChI=1S/C40H24O/c1-2-10-26(11-3-1)37-29-13-4-6-15-31(29)38(32-16-7-5-14-30(32)37)27-22-20-25(21-23-27)34-24-28-12-8-18-35-39(28)40-33(34)17-9-19-36(40)41-35/h1-24H. The highest BCUT2D eigenvalue weighted by Gasteiger charge is 2.18. The van der Waals surface area contributed by atoms with Crippen molar-refractivity contribution in [1.29, 1.82) is 0 Å². The van der Waals surface area contributed by atoms with Crippen molar-refractivity contribution in [3.63, 3.8) is 0 Å². The average Bonchev–Trinajstić information content (AvgIpc) is 3.43. The third-order valence-corrected chi connectivity index (χ3v) is 8.62. The van der Waals surface area contributed by atoms with Gasteiger partial charge >= 0.3 is 0 Å². The van der Waals surface area contributed by atoms with Crippen LogP contribution < -0.4 is 0 Å². The molecule has 9 rings (SSSR count). The van der Waals surface area contributed by atoms with E-state index in [1.54, 1.807) is 0 Å². The molecule has 0 radical (unpaired) electrons. The molecule has 0 N–H and O–H groups in total. The van der Waals surface area contributed by atoms with Crippen molar-refractivity contribution in [2.45, 2.75) is 0 Å². The first-order chi connectivity index (χ1) is 20.3. The second-order valence-corrected chi connectivity index (χ2v) is 10.8. The molecular weight excluding hydrogens is 496 g/mol. The van der Waals surface area contributed by atoms with Crippen LogP contribution in [0.3, 0.4) is 0 Å². The van der Waals surface area contributed by atoms with Gasteiger partial charge in [0, 0.05) is 10.8 Å². The molecule has 8 aromatic carbocycles. The van der Waals surface area contributed by atoms with Crippen LogP contribution in [0.15, 0.2) is 150 Å². The Labute approximate surface area is 237 Å². The Kier molecular flexibility index (Phi) is 4.67. The smallest absolute Gasteiger partial charge is 0.136 e. The summed E-state index contributed by atoms with van der Waals surface area (Å²) in [5.41, 5.74) is 9.39. The fourth-order valence-electron chi connectivity index (χ4n) is 6.88. The average molecular weight is 521 g/mol. The van der Waals surface area contributed by atoms with E-state index in [4.69, 9.17) is 4.42 Å². The Hall–Kier alpha value is -5.40. The minimum Gasteiger partial charge on any atom is -0.456 e. The van der Waals surface area contributed by atoms with Gasteiger partial charge in [0.25, 0.3) is 0 Å². The summed E-state index contributed by atoms with van der Waals surface area (Å²) in [6.45, 7) is 0. The first-order valence-electron chi connectivity index (χ1n) is 14.1. The highest BCUT2D eigenvalue weighted by molar-refractivity contribution is 6.25. The summed E-state index contributed by atoms with van der Waals surface area (Å²) >= 11 is 0. The minimum atomic E-state index is 0.948. The van der Waals surface area contributed by atoms with E-state index < -0.39 is 0 Å². The summed E-state index contributed by atoms with van der Waals surface area (Å²) in [6, 6.07) is 52.6. The van der Waals surface area contributed by atoms with Crippen molar-refractivity contribution in [2.75, 3.05) is 0 Å². The molecule has 0 unspecified atom stereocenters. The molecule has 41 heavy (non-hydrogen) atoms. The predicted molar refractivity (Wildman–Crippen MR) is 174 cm³/mol. The highest BCUT2D eigenvalue weighted by Crippen LogP contribution is 2.45. The molecule has 0 spiro atoms. The molecule has 0 aliphatic rings. The van der Waals surface area contributed by atoms with Crippen LogP contribution in [0.4, 0.5) is 0 Å². The maximum Gasteiger partial charge on any atom is 0.136 e. The van der Waals surface area contributed by atoms with Gasteiger partial charge in [0.2, 0.25) is 0 Å². The van der Waals surface area contributed by atoms with Crippen molar-refractivity contribution in [3.05, 3.63) is 146 Å². The van der Waals surface area contributed by atoms with Crippen LogP contribution in [0.25, 0.3) is 87.6 Å². The summed E-state index contributed by atoms with van der Waals surface area (Å²) in [4.78, 5) is 0. The van der Waals surface area contributed by atoms with Gasteiger partial charge in [-0.15, -0.1) is 0 Å². The largest absolute Gasteiger partial charge is 0.456 e. The second kappa shape index (κ2) is 8.55. The molecule has 0 bridgehead atoms. The van der Waals surface area contributed by atoms with Gasteiger partial charge in [-0.1, -0.05) is 127 Å². The molecule has 0 amide bonds. The van der Waals surface area contributed by atoms with Gasteiger partial charge in [-0.05, 0) is 83.9 Å². The van der Waals surface area contributed by atoms with E-state index in [0.29, 0.717) is 0 Å². The van der Waals surface area contributed by atoms with E-state index >= 15 is 0 Å². The van der Waals surface area contributed by atoms with E-state index in [9.17, 15) is 0 Å². The summed E-state index contributed by atoms with van der Waals surface area (Å²) in [5.74, 6) is 0. The van der Waals surface area contributed by atoms with Crippen LogP contribution in [0.5, 0.6) is 0 Å². The van der Waals surface area contributed by atoms with Crippen molar-refractivity contribution < 1.29 is 4.42 Å². The SMILES string of the molecule is c1ccc(-c2c3ccccc3c(-c3ccc(-c4cc5cccc6oc7cccc4c7c56)cc3)c3ccccc23)cc1. The van der Waals surface area contributed by atoms with Gasteiger partial charge in [-0.3, -0.25) is 0 Å². The van der Waals surface area contributed by atoms with Gasteiger partial charge in [0.15, 0.2) is 0 Å². The summed E-state index contributed by atoms with van der Waals surface area (Å²) < 4.78 is 6.21. The summed E-state index contributed by atoms with van der Waals surface area (Å²) in [7, 11) is 0. The number of fused-ring (bicyclic) bond motifs is 2. The molecule has 9 aromatic rings. The van der Waals surface area contributed by atoms with Gasteiger partial charge < -0.3 is 4.42 Å². The molecule has 190 valence electrons. The lowest BCUT2D eigenvalue weighted by molar-refractivity contribution is 0.669. The number of rotatable bonds is 3. The second-order valence-electron chi connectivity index (χ2n) is 10.8. The monoisotopic (exact) mass is 520 g/mol.